The van der Waals surface area contributed by atoms with Gasteiger partial charge in [-0.2, -0.15) is 0 Å². The van der Waals surface area contributed by atoms with Crippen LogP contribution in [0, 0.1) is 0 Å². The molecule has 0 radical (unpaired) electrons. The molecule has 6 heteroatoms. The zero-order valence-corrected chi connectivity index (χ0v) is 13.3. The van der Waals surface area contributed by atoms with Crippen molar-refractivity contribution in [1.82, 2.24) is 14.6 Å². The van der Waals surface area contributed by atoms with Gasteiger partial charge in [-0.25, -0.2) is 13.1 Å². The molecule has 0 saturated heterocycles. The van der Waals surface area contributed by atoms with Crippen LogP contribution in [0.3, 0.4) is 0 Å². The van der Waals surface area contributed by atoms with E-state index >= 15 is 0 Å². The van der Waals surface area contributed by atoms with E-state index < -0.39 is 10.0 Å². The van der Waals surface area contributed by atoms with Crippen LogP contribution in [-0.2, 0) is 16.6 Å². The first-order chi connectivity index (χ1) is 9.47. The first-order valence-electron chi connectivity index (χ1n) is 7.41. The molecule has 1 atom stereocenters. The van der Waals surface area contributed by atoms with Crippen LogP contribution < -0.4 is 10.0 Å². The number of rotatable bonds is 8. The molecule has 1 aliphatic carbocycles. The average molecular weight is 299 g/mol. The summed E-state index contributed by atoms with van der Waals surface area (Å²) in [5.41, 5.74) is 1.05. The Morgan fingerprint density at radius 2 is 2.10 bits per heavy atom. The van der Waals surface area contributed by atoms with E-state index in [1.54, 1.807) is 12.3 Å². The quantitative estimate of drug-likeness (QED) is 0.772. The van der Waals surface area contributed by atoms with Gasteiger partial charge in [0.15, 0.2) is 0 Å². The third kappa shape index (κ3) is 3.62. The van der Waals surface area contributed by atoms with E-state index in [0.29, 0.717) is 17.5 Å². The van der Waals surface area contributed by atoms with Crippen molar-refractivity contribution in [3.8, 4) is 0 Å². The summed E-state index contributed by atoms with van der Waals surface area (Å²) in [5.74, 6) is 0. The monoisotopic (exact) mass is 299 g/mol. The fourth-order valence-electron chi connectivity index (χ4n) is 2.15. The summed E-state index contributed by atoms with van der Waals surface area (Å²) in [7, 11) is -3.40. The Kier molecular flexibility index (Phi) is 4.88. The molecule has 2 rings (SSSR count). The van der Waals surface area contributed by atoms with Crippen LogP contribution in [0.4, 0.5) is 0 Å². The maximum Gasteiger partial charge on any atom is 0.242 e. The van der Waals surface area contributed by atoms with Crippen LogP contribution >= 0.6 is 0 Å². The summed E-state index contributed by atoms with van der Waals surface area (Å²) < 4.78 is 29.5. The summed E-state index contributed by atoms with van der Waals surface area (Å²) in [6, 6.07) is 2.24. The highest BCUT2D eigenvalue weighted by Gasteiger charge is 2.28. The fourth-order valence-corrected chi connectivity index (χ4v) is 3.52. The molecule has 0 aliphatic heterocycles. The van der Waals surface area contributed by atoms with E-state index in [2.05, 4.69) is 14.6 Å². The van der Waals surface area contributed by atoms with Crippen molar-refractivity contribution in [3.05, 3.63) is 18.0 Å². The maximum absolute atomic E-state index is 12.3. The fraction of sp³-hybridized carbons (Fsp3) is 0.714. The molecule has 1 aliphatic rings. The van der Waals surface area contributed by atoms with Gasteiger partial charge in [-0.15, -0.1) is 0 Å². The van der Waals surface area contributed by atoms with Crippen molar-refractivity contribution in [2.45, 2.75) is 63.6 Å². The molecular weight excluding hydrogens is 274 g/mol. The van der Waals surface area contributed by atoms with Crippen molar-refractivity contribution < 1.29 is 8.42 Å². The van der Waals surface area contributed by atoms with Gasteiger partial charge in [0.25, 0.3) is 0 Å². The van der Waals surface area contributed by atoms with Crippen LogP contribution in [0.2, 0.25) is 0 Å². The van der Waals surface area contributed by atoms with Gasteiger partial charge in [0.05, 0.1) is 4.90 Å². The molecule has 2 N–H and O–H groups in total. The van der Waals surface area contributed by atoms with Gasteiger partial charge in [-0.3, -0.25) is 0 Å². The molecule has 0 aromatic carbocycles. The van der Waals surface area contributed by atoms with E-state index in [4.69, 9.17) is 0 Å². The van der Waals surface area contributed by atoms with E-state index in [1.165, 1.54) is 0 Å². The minimum Gasteiger partial charge on any atom is -0.346 e. The van der Waals surface area contributed by atoms with Crippen molar-refractivity contribution in [3.63, 3.8) is 0 Å². The summed E-state index contributed by atoms with van der Waals surface area (Å²) in [5, 5.41) is 3.27. The minimum atomic E-state index is -3.40. The predicted molar refractivity (Wildman–Crippen MR) is 80.2 cm³/mol. The Morgan fingerprint density at radius 1 is 1.40 bits per heavy atom. The molecule has 0 bridgehead atoms. The number of nitrogens with zero attached hydrogens (tertiary/aromatic N) is 1. The Morgan fingerprint density at radius 3 is 2.65 bits per heavy atom. The van der Waals surface area contributed by atoms with E-state index in [9.17, 15) is 8.42 Å². The van der Waals surface area contributed by atoms with E-state index in [0.717, 1.165) is 31.5 Å². The summed E-state index contributed by atoms with van der Waals surface area (Å²) >= 11 is 0. The number of nitrogens with one attached hydrogen (secondary N) is 2. The molecule has 114 valence electrons. The molecule has 0 amide bonds. The van der Waals surface area contributed by atoms with E-state index in [1.807, 2.05) is 20.8 Å². The number of hydrogen-bond acceptors (Lipinski definition) is 3. The third-order valence-electron chi connectivity index (χ3n) is 3.68. The van der Waals surface area contributed by atoms with Crippen LogP contribution in [0.25, 0.3) is 0 Å². The molecule has 1 unspecified atom stereocenters. The lowest BCUT2D eigenvalue weighted by molar-refractivity contribution is 0.555. The second-order valence-electron chi connectivity index (χ2n) is 5.52. The minimum absolute atomic E-state index is 0.0403. The normalized spacial score (nSPS) is 17.4. The topological polar surface area (TPSA) is 63.1 Å². The predicted octanol–water partition coefficient (Wildman–Crippen LogP) is 2.01. The van der Waals surface area contributed by atoms with Gasteiger partial charge in [-0.05, 0) is 38.8 Å². The standard InChI is InChI=1S/C14H25N3O2S/c1-4-11(3)16-20(18,19)14-8-13(9-15-5-2)17(10-14)12-6-7-12/h8,10-12,15-16H,4-7,9H2,1-3H3. The molecule has 1 heterocycles. The van der Waals surface area contributed by atoms with Gasteiger partial charge in [0, 0.05) is 30.5 Å². The molecule has 1 saturated carbocycles. The lowest BCUT2D eigenvalue weighted by atomic mass is 10.3. The third-order valence-corrected chi connectivity index (χ3v) is 5.24. The average Bonchev–Trinajstić information content (AvgIpc) is 3.15. The molecule has 20 heavy (non-hydrogen) atoms. The second kappa shape index (κ2) is 6.28. The Balaban J connectivity index is 2.23. The zero-order chi connectivity index (χ0) is 14.8. The highest BCUT2D eigenvalue weighted by atomic mass is 32.2. The Labute approximate surface area is 121 Å². The lowest BCUT2D eigenvalue weighted by Crippen LogP contribution is -2.31. The summed E-state index contributed by atoms with van der Waals surface area (Å²) in [4.78, 5) is 0.387. The number of sulfonamides is 1. The van der Waals surface area contributed by atoms with Crippen LogP contribution in [0.5, 0.6) is 0 Å². The first kappa shape index (κ1) is 15.5. The van der Waals surface area contributed by atoms with Gasteiger partial charge < -0.3 is 9.88 Å². The lowest BCUT2D eigenvalue weighted by Gasteiger charge is -2.10. The van der Waals surface area contributed by atoms with Crippen LogP contribution in [0.1, 0.15) is 51.8 Å². The molecule has 1 fully saturated rings. The van der Waals surface area contributed by atoms with E-state index in [-0.39, 0.29) is 6.04 Å². The van der Waals surface area contributed by atoms with Crippen molar-refractivity contribution in [2.24, 2.45) is 0 Å². The Bertz CT molecular complexity index is 547. The van der Waals surface area contributed by atoms with Gasteiger partial charge in [0.1, 0.15) is 0 Å². The van der Waals surface area contributed by atoms with Crippen molar-refractivity contribution in [2.75, 3.05) is 6.54 Å². The van der Waals surface area contributed by atoms with Crippen molar-refractivity contribution in [1.29, 1.82) is 0 Å². The molecule has 1 aromatic rings. The molecule has 5 nitrogen and oxygen atoms in total. The first-order valence-corrected chi connectivity index (χ1v) is 8.90. The van der Waals surface area contributed by atoms with Gasteiger partial charge in [-0.1, -0.05) is 13.8 Å². The SMILES string of the molecule is CCNCc1cc(S(=O)(=O)NC(C)CC)cn1C1CC1. The van der Waals surface area contributed by atoms with Gasteiger partial charge in [0.2, 0.25) is 10.0 Å². The Hall–Kier alpha value is -0.850. The molecule has 1 aromatic heterocycles. The molecular formula is C14H25N3O2S. The van der Waals surface area contributed by atoms with Gasteiger partial charge >= 0.3 is 0 Å². The highest BCUT2D eigenvalue weighted by molar-refractivity contribution is 7.89. The summed E-state index contributed by atoms with van der Waals surface area (Å²) in [6.07, 6.45) is 4.86. The summed E-state index contributed by atoms with van der Waals surface area (Å²) in [6.45, 7) is 7.50. The highest BCUT2D eigenvalue weighted by Crippen LogP contribution is 2.37. The van der Waals surface area contributed by atoms with Crippen molar-refractivity contribution >= 4 is 10.0 Å². The smallest absolute Gasteiger partial charge is 0.242 e. The number of aromatic nitrogens is 1. The maximum atomic E-state index is 12.3. The zero-order valence-electron chi connectivity index (χ0n) is 12.5. The molecule has 0 spiro atoms. The largest absolute Gasteiger partial charge is 0.346 e. The number of hydrogen-bond donors (Lipinski definition) is 2. The second-order valence-corrected chi connectivity index (χ2v) is 7.23. The van der Waals surface area contributed by atoms with Crippen LogP contribution in [0.15, 0.2) is 17.2 Å². The van der Waals surface area contributed by atoms with Crippen LogP contribution in [-0.4, -0.2) is 25.6 Å².